The second-order valence-corrected chi connectivity index (χ2v) is 7.59. The van der Waals surface area contributed by atoms with Gasteiger partial charge in [0.1, 0.15) is 0 Å². The summed E-state index contributed by atoms with van der Waals surface area (Å²) in [5, 5.41) is 1.71. The molecule has 0 saturated carbocycles. The number of aromatic nitrogens is 1. The molecule has 1 fully saturated rings. The van der Waals surface area contributed by atoms with Crippen LogP contribution >= 0.6 is 11.6 Å². The van der Waals surface area contributed by atoms with Crippen molar-refractivity contribution in [2.75, 3.05) is 4.90 Å². The van der Waals surface area contributed by atoms with E-state index in [1.807, 2.05) is 54.3 Å². The summed E-state index contributed by atoms with van der Waals surface area (Å²) in [6.45, 7) is 1.94. The van der Waals surface area contributed by atoms with Gasteiger partial charge < -0.3 is 9.47 Å². The zero-order chi connectivity index (χ0) is 19.1. The van der Waals surface area contributed by atoms with Crippen molar-refractivity contribution in [2.24, 2.45) is 7.05 Å². The molecule has 0 N–H and O–H groups in total. The first kappa shape index (κ1) is 17.8. The van der Waals surface area contributed by atoms with Crippen molar-refractivity contribution >= 4 is 34.1 Å². The Morgan fingerprint density at radius 1 is 1.04 bits per heavy atom. The number of aryl methyl sites for hydroxylation is 2. The number of amides is 1. The van der Waals surface area contributed by atoms with Gasteiger partial charge in [0.25, 0.3) is 5.56 Å². The van der Waals surface area contributed by atoms with E-state index in [-0.39, 0.29) is 17.5 Å². The Balaban J connectivity index is 1.85. The summed E-state index contributed by atoms with van der Waals surface area (Å²) in [5.74, 6) is 0.109. The van der Waals surface area contributed by atoms with E-state index in [0.29, 0.717) is 11.4 Å². The molecule has 1 saturated heterocycles. The van der Waals surface area contributed by atoms with Crippen LogP contribution in [0.2, 0.25) is 5.02 Å². The lowest BCUT2D eigenvalue weighted by molar-refractivity contribution is -0.120. The molecule has 2 aromatic carbocycles. The normalized spacial score (nSPS) is 17.5. The molecule has 138 valence electrons. The van der Waals surface area contributed by atoms with Gasteiger partial charge in [-0.05, 0) is 55.2 Å². The highest BCUT2D eigenvalue weighted by molar-refractivity contribution is 6.30. The fourth-order valence-corrected chi connectivity index (χ4v) is 4.08. The lowest BCUT2D eigenvalue weighted by Gasteiger charge is -2.36. The first-order valence-corrected chi connectivity index (χ1v) is 9.51. The number of rotatable bonds is 2. The van der Waals surface area contributed by atoms with E-state index in [9.17, 15) is 9.59 Å². The Bertz CT molecular complexity index is 1090. The van der Waals surface area contributed by atoms with Crippen LogP contribution in [0.25, 0.3) is 10.9 Å². The van der Waals surface area contributed by atoms with E-state index in [2.05, 4.69) is 0 Å². The van der Waals surface area contributed by atoms with Crippen molar-refractivity contribution in [3.63, 3.8) is 0 Å². The van der Waals surface area contributed by atoms with Crippen LogP contribution in [0.1, 0.15) is 36.4 Å². The van der Waals surface area contributed by atoms with Gasteiger partial charge in [-0.15, -0.1) is 0 Å². The number of piperidine rings is 1. The zero-order valence-corrected chi connectivity index (χ0v) is 16.2. The van der Waals surface area contributed by atoms with Gasteiger partial charge in [-0.2, -0.15) is 0 Å². The molecule has 3 aromatic rings. The molecule has 1 atom stereocenters. The Kier molecular flexibility index (Phi) is 4.52. The number of pyridine rings is 1. The van der Waals surface area contributed by atoms with Crippen molar-refractivity contribution in [1.82, 2.24) is 4.57 Å². The van der Waals surface area contributed by atoms with Crippen molar-refractivity contribution in [2.45, 2.75) is 32.2 Å². The molecule has 4 rings (SSSR count). The van der Waals surface area contributed by atoms with Crippen LogP contribution in [0.3, 0.4) is 0 Å². The highest BCUT2D eigenvalue weighted by Crippen LogP contribution is 2.37. The van der Waals surface area contributed by atoms with Crippen molar-refractivity contribution in [3.05, 3.63) is 75.0 Å². The quantitative estimate of drug-likeness (QED) is 0.643. The molecule has 1 aliphatic rings. The highest BCUT2D eigenvalue weighted by Gasteiger charge is 2.30. The molecule has 27 heavy (non-hydrogen) atoms. The van der Waals surface area contributed by atoms with E-state index >= 15 is 0 Å². The van der Waals surface area contributed by atoms with E-state index in [0.717, 1.165) is 40.6 Å². The Morgan fingerprint density at radius 2 is 1.78 bits per heavy atom. The first-order valence-electron chi connectivity index (χ1n) is 9.13. The lowest BCUT2D eigenvalue weighted by atomic mass is 9.94. The number of benzene rings is 2. The van der Waals surface area contributed by atoms with Gasteiger partial charge in [0.15, 0.2) is 0 Å². The molecule has 1 amide bonds. The van der Waals surface area contributed by atoms with Crippen LogP contribution in [-0.4, -0.2) is 10.5 Å². The summed E-state index contributed by atoms with van der Waals surface area (Å²) >= 11 is 6.03. The maximum absolute atomic E-state index is 12.8. The maximum Gasteiger partial charge on any atom is 0.251 e. The lowest BCUT2D eigenvalue weighted by Crippen LogP contribution is -2.38. The summed E-state index contributed by atoms with van der Waals surface area (Å²) < 4.78 is 1.64. The molecule has 0 bridgehead atoms. The minimum absolute atomic E-state index is 0.0252. The molecule has 2 heterocycles. The van der Waals surface area contributed by atoms with E-state index < -0.39 is 0 Å². The van der Waals surface area contributed by atoms with Crippen LogP contribution < -0.4 is 10.5 Å². The largest absolute Gasteiger partial charge is 0.311 e. The molecular weight excluding hydrogens is 360 g/mol. The smallest absolute Gasteiger partial charge is 0.251 e. The standard InChI is InChI=1S/C22H21ClN2O2/c1-14-12-22(27)24(2)20-13-17(10-11-18(14)20)25-19(4-3-5-21(25)26)15-6-8-16(23)9-7-15/h6-13,19H,3-5H2,1-2H3/t19-/m0/s1. The van der Waals surface area contributed by atoms with Gasteiger partial charge in [-0.1, -0.05) is 29.8 Å². The average molecular weight is 381 g/mol. The SMILES string of the molecule is Cc1cc(=O)n(C)c2cc(N3C(=O)CCC[C@H]3c3ccc(Cl)cc3)ccc12. The highest BCUT2D eigenvalue weighted by atomic mass is 35.5. The van der Waals surface area contributed by atoms with Gasteiger partial charge in [0.05, 0.1) is 11.6 Å². The molecule has 1 aromatic heterocycles. The summed E-state index contributed by atoms with van der Waals surface area (Å²) in [6, 6.07) is 15.2. The summed E-state index contributed by atoms with van der Waals surface area (Å²) in [4.78, 5) is 26.9. The molecular formula is C22H21ClN2O2. The molecule has 0 unspecified atom stereocenters. The maximum atomic E-state index is 12.8. The summed E-state index contributed by atoms with van der Waals surface area (Å²) in [7, 11) is 1.77. The van der Waals surface area contributed by atoms with E-state index in [1.165, 1.54) is 0 Å². The number of carbonyl (C=O) groups excluding carboxylic acids is 1. The summed E-state index contributed by atoms with van der Waals surface area (Å²) in [6.07, 6.45) is 2.31. The number of halogens is 1. The number of nitrogens with zero attached hydrogens (tertiary/aromatic N) is 2. The van der Waals surface area contributed by atoms with Crippen molar-refractivity contribution < 1.29 is 4.79 Å². The second kappa shape index (κ2) is 6.86. The number of hydrogen-bond donors (Lipinski definition) is 0. The van der Waals surface area contributed by atoms with Crippen molar-refractivity contribution in [3.8, 4) is 0 Å². The molecule has 1 aliphatic heterocycles. The Hall–Kier alpha value is -2.59. The fraction of sp³-hybridized carbons (Fsp3) is 0.273. The van der Waals surface area contributed by atoms with Gasteiger partial charge in [-0.3, -0.25) is 9.59 Å². The second-order valence-electron chi connectivity index (χ2n) is 7.15. The molecule has 0 spiro atoms. The monoisotopic (exact) mass is 380 g/mol. The molecule has 0 radical (unpaired) electrons. The molecule has 4 nitrogen and oxygen atoms in total. The topological polar surface area (TPSA) is 42.3 Å². The predicted octanol–water partition coefficient (Wildman–Crippen LogP) is 4.76. The molecule has 0 aliphatic carbocycles. The minimum Gasteiger partial charge on any atom is -0.311 e. The number of carbonyl (C=O) groups is 1. The Morgan fingerprint density at radius 3 is 2.52 bits per heavy atom. The van der Waals surface area contributed by atoms with Crippen LogP contribution in [0.15, 0.2) is 53.3 Å². The van der Waals surface area contributed by atoms with Gasteiger partial charge >= 0.3 is 0 Å². The van der Waals surface area contributed by atoms with E-state index in [1.54, 1.807) is 17.7 Å². The summed E-state index contributed by atoms with van der Waals surface area (Å²) in [5.41, 5.74) is 3.64. The Labute approximate surface area is 163 Å². The van der Waals surface area contributed by atoms with Crippen LogP contribution in [-0.2, 0) is 11.8 Å². The minimum atomic E-state index is -0.0450. The van der Waals surface area contributed by atoms with Gasteiger partial charge in [0, 0.05) is 35.6 Å². The zero-order valence-electron chi connectivity index (χ0n) is 15.4. The van der Waals surface area contributed by atoms with Crippen molar-refractivity contribution in [1.29, 1.82) is 0 Å². The van der Waals surface area contributed by atoms with Crippen LogP contribution in [0, 0.1) is 6.92 Å². The number of anilines is 1. The van der Waals surface area contributed by atoms with Crippen LogP contribution in [0.5, 0.6) is 0 Å². The average Bonchev–Trinajstić information content (AvgIpc) is 2.66. The number of fused-ring (bicyclic) bond motifs is 1. The van der Waals surface area contributed by atoms with Gasteiger partial charge in [0.2, 0.25) is 5.91 Å². The third kappa shape index (κ3) is 3.15. The van der Waals surface area contributed by atoms with Crippen LogP contribution in [0.4, 0.5) is 5.69 Å². The van der Waals surface area contributed by atoms with E-state index in [4.69, 9.17) is 11.6 Å². The third-order valence-corrected chi connectivity index (χ3v) is 5.67. The first-order chi connectivity index (χ1) is 13.0. The number of hydrogen-bond acceptors (Lipinski definition) is 2. The fourth-order valence-electron chi connectivity index (χ4n) is 3.95. The predicted molar refractivity (Wildman–Crippen MR) is 109 cm³/mol. The third-order valence-electron chi connectivity index (χ3n) is 5.42. The molecule has 5 heteroatoms. The van der Waals surface area contributed by atoms with Gasteiger partial charge in [-0.25, -0.2) is 0 Å².